The van der Waals surface area contributed by atoms with Crippen LogP contribution in [0.4, 0.5) is 0 Å². The number of carbonyl (C=O) groups excluding carboxylic acids is 2. The molecule has 224 valence electrons. The first-order valence-electron chi connectivity index (χ1n) is 16.8. The van der Waals surface area contributed by atoms with Gasteiger partial charge in [0.15, 0.2) is 0 Å². The maximum Gasteiger partial charge on any atom is 0.338 e. The van der Waals surface area contributed by atoms with E-state index in [1.54, 1.807) is 0 Å². The van der Waals surface area contributed by atoms with E-state index < -0.39 is 0 Å². The number of fused-ring (bicyclic) bond motifs is 4. The molecule has 0 spiro atoms. The van der Waals surface area contributed by atoms with Gasteiger partial charge in [-0.3, -0.25) is 4.79 Å². The molecule has 41 heavy (non-hydrogen) atoms. The Morgan fingerprint density at radius 3 is 2.29 bits per heavy atom. The van der Waals surface area contributed by atoms with Crippen molar-refractivity contribution in [1.29, 1.82) is 0 Å². The maximum atomic E-state index is 13.9. The van der Waals surface area contributed by atoms with Crippen molar-refractivity contribution >= 4 is 11.9 Å². The van der Waals surface area contributed by atoms with Gasteiger partial charge in [-0.15, -0.1) is 0 Å². The van der Waals surface area contributed by atoms with Crippen LogP contribution in [0, 0.1) is 62.6 Å². The molecule has 7 rings (SSSR count). The molecule has 5 saturated carbocycles. The van der Waals surface area contributed by atoms with Gasteiger partial charge in [0.1, 0.15) is 12.2 Å². The van der Waals surface area contributed by atoms with E-state index in [-0.39, 0.29) is 51.2 Å². The first-order valence-corrected chi connectivity index (χ1v) is 16.8. The number of benzene rings is 1. The summed E-state index contributed by atoms with van der Waals surface area (Å²) in [7, 11) is 0. The normalized spacial score (nSPS) is 51.3. The summed E-state index contributed by atoms with van der Waals surface area (Å²) in [6.45, 7) is 17.4. The van der Waals surface area contributed by atoms with Gasteiger partial charge < -0.3 is 9.47 Å². The van der Waals surface area contributed by atoms with Crippen LogP contribution in [0.5, 0.6) is 0 Å². The largest absolute Gasteiger partial charge is 0.462 e. The third-order valence-electron chi connectivity index (χ3n) is 15.4. The first kappa shape index (κ1) is 28.0. The molecule has 12 atom stereocenters. The van der Waals surface area contributed by atoms with Crippen LogP contribution in [0.25, 0.3) is 0 Å². The van der Waals surface area contributed by atoms with E-state index in [2.05, 4.69) is 48.5 Å². The molecule has 6 aliphatic rings. The van der Waals surface area contributed by atoms with E-state index in [4.69, 9.17) is 9.47 Å². The Balaban J connectivity index is 1.22. The fourth-order valence-corrected chi connectivity index (χ4v) is 12.9. The van der Waals surface area contributed by atoms with Crippen molar-refractivity contribution in [3.63, 3.8) is 0 Å². The summed E-state index contributed by atoms with van der Waals surface area (Å²) >= 11 is 0. The van der Waals surface area contributed by atoms with E-state index in [1.165, 1.54) is 12.8 Å². The minimum Gasteiger partial charge on any atom is -0.462 e. The zero-order chi connectivity index (χ0) is 29.2. The highest BCUT2D eigenvalue weighted by Crippen LogP contribution is 2.78. The molecule has 1 saturated heterocycles. The molecule has 2 bridgehead atoms. The Labute approximate surface area is 247 Å². The Kier molecular flexibility index (Phi) is 6.04. The summed E-state index contributed by atoms with van der Waals surface area (Å²) in [5.41, 5.74) is 0.811. The van der Waals surface area contributed by atoms with Gasteiger partial charge in [-0.25, -0.2) is 4.79 Å². The third kappa shape index (κ3) is 3.46. The standard InChI is InChI=1S/C37H52O4/c1-22-13-18-37-20-19-36(7)30(29(37)23(22)2)25(40-32(37)39)21-27-34(5)16-15-28(41-31(38)24-11-9-8-10-12-24)33(3,4)26(34)14-17-35(27,36)6/h8-12,22-23,25-30H,13-21H2,1-7H3. The highest BCUT2D eigenvalue weighted by molar-refractivity contribution is 5.89. The summed E-state index contributed by atoms with van der Waals surface area (Å²) in [5.74, 6) is 3.10. The second-order valence-electron chi connectivity index (χ2n) is 16.9. The number of esters is 2. The summed E-state index contributed by atoms with van der Waals surface area (Å²) in [6, 6.07) is 9.45. The first-order chi connectivity index (χ1) is 19.3. The van der Waals surface area contributed by atoms with Crippen molar-refractivity contribution in [2.45, 2.75) is 118 Å². The lowest BCUT2D eigenvalue weighted by molar-refractivity contribution is -0.305. The van der Waals surface area contributed by atoms with Gasteiger partial charge >= 0.3 is 11.9 Å². The summed E-state index contributed by atoms with van der Waals surface area (Å²) < 4.78 is 12.9. The van der Waals surface area contributed by atoms with Crippen LogP contribution in [0.3, 0.4) is 0 Å². The Morgan fingerprint density at radius 2 is 1.56 bits per heavy atom. The topological polar surface area (TPSA) is 52.6 Å². The molecule has 12 unspecified atom stereocenters. The molecule has 0 N–H and O–H groups in total. The number of rotatable bonds is 2. The molecule has 6 fully saturated rings. The Morgan fingerprint density at radius 1 is 0.829 bits per heavy atom. The average Bonchev–Trinajstić information content (AvgIpc) is 2.93. The van der Waals surface area contributed by atoms with Gasteiger partial charge in [-0.05, 0) is 116 Å². The second kappa shape index (κ2) is 8.85. The summed E-state index contributed by atoms with van der Waals surface area (Å²) in [5, 5.41) is 0. The summed E-state index contributed by atoms with van der Waals surface area (Å²) in [4.78, 5) is 27.0. The third-order valence-corrected chi connectivity index (χ3v) is 15.4. The molecular weight excluding hydrogens is 508 g/mol. The molecule has 5 aliphatic carbocycles. The zero-order valence-electron chi connectivity index (χ0n) is 26.5. The van der Waals surface area contributed by atoms with Crippen LogP contribution in [-0.2, 0) is 14.3 Å². The van der Waals surface area contributed by atoms with Crippen LogP contribution in [0.15, 0.2) is 30.3 Å². The van der Waals surface area contributed by atoms with Crippen molar-refractivity contribution in [1.82, 2.24) is 0 Å². The number of hydrogen-bond acceptors (Lipinski definition) is 4. The van der Waals surface area contributed by atoms with Crippen molar-refractivity contribution in [2.75, 3.05) is 0 Å². The fourth-order valence-electron chi connectivity index (χ4n) is 12.9. The van der Waals surface area contributed by atoms with Gasteiger partial charge in [0.05, 0.1) is 11.0 Å². The summed E-state index contributed by atoms with van der Waals surface area (Å²) in [6.07, 6.45) is 9.70. The Bertz CT molecular complexity index is 1240. The van der Waals surface area contributed by atoms with Crippen LogP contribution in [0.1, 0.15) is 117 Å². The average molecular weight is 561 g/mol. The quantitative estimate of drug-likeness (QED) is 0.340. The molecule has 1 aliphatic heterocycles. The highest BCUT2D eigenvalue weighted by atomic mass is 16.6. The van der Waals surface area contributed by atoms with Gasteiger partial charge in [-0.1, -0.05) is 66.7 Å². The van der Waals surface area contributed by atoms with Crippen LogP contribution in [0.2, 0.25) is 0 Å². The Hall–Kier alpha value is -1.84. The van der Waals surface area contributed by atoms with Gasteiger partial charge in [0.2, 0.25) is 0 Å². The molecule has 4 nitrogen and oxygen atoms in total. The second-order valence-corrected chi connectivity index (χ2v) is 16.9. The molecule has 1 aromatic rings. The van der Waals surface area contributed by atoms with Gasteiger partial charge in [0, 0.05) is 11.3 Å². The fraction of sp³-hybridized carbons (Fsp3) is 0.784. The zero-order valence-corrected chi connectivity index (χ0v) is 26.5. The maximum absolute atomic E-state index is 13.9. The lowest BCUT2D eigenvalue weighted by atomic mass is 9.30. The molecule has 1 heterocycles. The molecule has 0 radical (unpaired) electrons. The predicted octanol–water partition coefficient (Wildman–Crippen LogP) is 8.48. The molecule has 0 aromatic heterocycles. The van der Waals surface area contributed by atoms with E-state index in [0.29, 0.717) is 41.1 Å². The minimum absolute atomic E-state index is 0.0454. The van der Waals surface area contributed by atoms with E-state index >= 15 is 0 Å². The molecule has 0 amide bonds. The molecule has 4 heteroatoms. The van der Waals surface area contributed by atoms with Crippen LogP contribution >= 0.6 is 0 Å². The van der Waals surface area contributed by atoms with Crippen molar-refractivity contribution in [3.8, 4) is 0 Å². The molecular formula is C37H52O4. The van der Waals surface area contributed by atoms with Crippen molar-refractivity contribution in [2.24, 2.45) is 62.6 Å². The SMILES string of the molecule is CC1CCC23CCC4(C)C(C(CC5C6(C)CCC(OC(=O)c7ccccc7)C(C)(C)C6CCC54C)OC2=O)C3C1C. The highest BCUT2D eigenvalue weighted by Gasteiger charge is 2.76. The van der Waals surface area contributed by atoms with Crippen LogP contribution < -0.4 is 0 Å². The predicted molar refractivity (Wildman–Crippen MR) is 160 cm³/mol. The van der Waals surface area contributed by atoms with E-state index in [9.17, 15) is 9.59 Å². The number of ether oxygens (including phenoxy) is 2. The van der Waals surface area contributed by atoms with E-state index in [0.717, 1.165) is 44.9 Å². The van der Waals surface area contributed by atoms with Gasteiger partial charge in [0.25, 0.3) is 0 Å². The van der Waals surface area contributed by atoms with E-state index in [1.807, 2.05) is 30.3 Å². The smallest absolute Gasteiger partial charge is 0.338 e. The van der Waals surface area contributed by atoms with Crippen molar-refractivity contribution in [3.05, 3.63) is 35.9 Å². The minimum atomic E-state index is -0.237. The van der Waals surface area contributed by atoms with Crippen molar-refractivity contribution < 1.29 is 19.1 Å². The number of carbonyl (C=O) groups is 2. The lowest BCUT2D eigenvalue weighted by Crippen LogP contribution is -2.73. The van der Waals surface area contributed by atoms with Crippen LogP contribution in [-0.4, -0.2) is 24.1 Å². The molecule has 1 aromatic carbocycles. The lowest BCUT2D eigenvalue weighted by Gasteiger charge is -2.76. The van der Waals surface area contributed by atoms with Gasteiger partial charge in [-0.2, -0.15) is 0 Å². The monoisotopic (exact) mass is 560 g/mol. The number of hydrogen-bond donors (Lipinski definition) is 0.